The molecule has 3 nitrogen and oxygen atoms in total. The molecule has 0 saturated heterocycles. The molecule has 0 aliphatic heterocycles. The number of hydrogen-bond acceptors (Lipinski definition) is 2. The van der Waals surface area contributed by atoms with Gasteiger partial charge in [0.1, 0.15) is 6.07 Å². The highest BCUT2D eigenvalue weighted by Gasteiger charge is 2.09. The SMILES string of the molecule is CCC(CC)n1ccnc1C#N. The van der Waals surface area contributed by atoms with Crippen LogP contribution < -0.4 is 0 Å². The van der Waals surface area contributed by atoms with E-state index in [0.717, 1.165) is 12.8 Å². The molecule has 0 atom stereocenters. The number of nitriles is 1. The van der Waals surface area contributed by atoms with Crippen molar-refractivity contribution in [3.63, 3.8) is 0 Å². The summed E-state index contributed by atoms with van der Waals surface area (Å²) < 4.78 is 1.94. The predicted octanol–water partition coefficient (Wildman–Crippen LogP) is 2.12. The molecule has 1 heterocycles. The van der Waals surface area contributed by atoms with Crippen molar-refractivity contribution in [1.29, 1.82) is 5.26 Å². The molecule has 1 rings (SSSR count). The fourth-order valence-electron chi connectivity index (χ4n) is 1.38. The Bertz CT molecular complexity index is 278. The van der Waals surface area contributed by atoms with Crippen LogP contribution in [-0.2, 0) is 0 Å². The third-order valence-electron chi connectivity index (χ3n) is 2.10. The first kappa shape index (κ1) is 8.79. The van der Waals surface area contributed by atoms with Crippen LogP contribution in [0, 0.1) is 11.3 Å². The minimum Gasteiger partial charge on any atom is -0.320 e. The smallest absolute Gasteiger partial charge is 0.212 e. The molecule has 0 radical (unpaired) electrons. The van der Waals surface area contributed by atoms with Crippen LogP contribution in [0.1, 0.15) is 38.6 Å². The normalized spacial score (nSPS) is 10.2. The van der Waals surface area contributed by atoms with Crippen molar-refractivity contribution in [2.24, 2.45) is 0 Å². The average Bonchev–Trinajstić information content (AvgIpc) is 2.55. The minimum absolute atomic E-state index is 0.419. The second-order valence-electron chi connectivity index (χ2n) is 2.74. The van der Waals surface area contributed by atoms with E-state index in [1.165, 1.54) is 0 Å². The molecule has 0 unspecified atom stereocenters. The quantitative estimate of drug-likeness (QED) is 0.684. The van der Waals surface area contributed by atoms with Crippen LogP contribution in [0.2, 0.25) is 0 Å². The van der Waals surface area contributed by atoms with Gasteiger partial charge in [-0.2, -0.15) is 5.26 Å². The number of nitrogens with zero attached hydrogens (tertiary/aromatic N) is 3. The molecule has 0 bridgehead atoms. The van der Waals surface area contributed by atoms with E-state index in [2.05, 4.69) is 24.9 Å². The van der Waals surface area contributed by atoms with Gasteiger partial charge >= 0.3 is 0 Å². The molecule has 3 heteroatoms. The van der Waals surface area contributed by atoms with Crippen LogP contribution in [0.3, 0.4) is 0 Å². The highest BCUT2D eigenvalue weighted by Crippen LogP contribution is 2.16. The molecule has 0 aliphatic rings. The Morgan fingerprint density at radius 1 is 1.58 bits per heavy atom. The molecule has 0 aromatic carbocycles. The Kier molecular flexibility index (Phi) is 2.87. The van der Waals surface area contributed by atoms with E-state index >= 15 is 0 Å². The second kappa shape index (κ2) is 3.91. The molecule has 0 fully saturated rings. The van der Waals surface area contributed by atoms with Crippen molar-refractivity contribution in [2.75, 3.05) is 0 Å². The second-order valence-corrected chi connectivity index (χ2v) is 2.74. The Labute approximate surface area is 72.7 Å². The summed E-state index contributed by atoms with van der Waals surface area (Å²) in [6.45, 7) is 4.24. The monoisotopic (exact) mass is 163 g/mol. The number of hydrogen-bond donors (Lipinski definition) is 0. The van der Waals surface area contributed by atoms with Gasteiger partial charge in [-0.25, -0.2) is 4.98 Å². The number of imidazole rings is 1. The maximum Gasteiger partial charge on any atom is 0.212 e. The summed E-state index contributed by atoms with van der Waals surface area (Å²) >= 11 is 0. The van der Waals surface area contributed by atoms with Gasteiger partial charge in [-0.15, -0.1) is 0 Å². The first-order chi connectivity index (χ1) is 5.83. The van der Waals surface area contributed by atoms with Crippen molar-refractivity contribution in [2.45, 2.75) is 32.7 Å². The van der Waals surface area contributed by atoms with Crippen LogP contribution >= 0.6 is 0 Å². The molecule has 64 valence electrons. The summed E-state index contributed by atoms with van der Waals surface area (Å²) in [5.41, 5.74) is 0. The van der Waals surface area contributed by atoms with E-state index < -0.39 is 0 Å². The van der Waals surface area contributed by atoms with Gasteiger partial charge in [0, 0.05) is 18.4 Å². The zero-order valence-corrected chi connectivity index (χ0v) is 7.49. The van der Waals surface area contributed by atoms with Crippen molar-refractivity contribution in [1.82, 2.24) is 9.55 Å². The zero-order valence-electron chi connectivity index (χ0n) is 7.49. The molecule has 12 heavy (non-hydrogen) atoms. The van der Waals surface area contributed by atoms with Crippen LogP contribution in [0.4, 0.5) is 0 Å². The molecule has 0 N–H and O–H groups in total. The maximum atomic E-state index is 8.71. The molecule has 0 saturated carbocycles. The van der Waals surface area contributed by atoms with E-state index in [4.69, 9.17) is 5.26 Å². The van der Waals surface area contributed by atoms with Crippen LogP contribution in [0.15, 0.2) is 12.4 Å². The Morgan fingerprint density at radius 3 is 2.75 bits per heavy atom. The fraction of sp³-hybridized carbons (Fsp3) is 0.556. The highest BCUT2D eigenvalue weighted by atomic mass is 15.1. The lowest BCUT2D eigenvalue weighted by Crippen LogP contribution is -2.07. The number of aromatic nitrogens is 2. The summed E-state index contributed by atoms with van der Waals surface area (Å²) in [5.74, 6) is 0.517. The minimum atomic E-state index is 0.419. The Balaban J connectivity index is 2.93. The summed E-state index contributed by atoms with van der Waals surface area (Å²) in [7, 11) is 0. The summed E-state index contributed by atoms with van der Waals surface area (Å²) in [6.07, 6.45) is 5.64. The van der Waals surface area contributed by atoms with Crippen LogP contribution in [-0.4, -0.2) is 9.55 Å². The van der Waals surface area contributed by atoms with Gasteiger partial charge < -0.3 is 4.57 Å². The molecule has 0 amide bonds. The molecule has 0 spiro atoms. The summed E-state index contributed by atoms with van der Waals surface area (Å²) in [5, 5.41) is 8.71. The third-order valence-corrected chi connectivity index (χ3v) is 2.10. The average molecular weight is 163 g/mol. The van der Waals surface area contributed by atoms with Crippen molar-refractivity contribution < 1.29 is 0 Å². The maximum absolute atomic E-state index is 8.71. The standard InChI is InChI=1S/C9H13N3/c1-3-8(4-2)12-6-5-11-9(12)7-10/h5-6,8H,3-4H2,1-2H3. The van der Waals surface area contributed by atoms with Gasteiger partial charge in [-0.1, -0.05) is 13.8 Å². The molecule has 1 aromatic heterocycles. The van der Waals surface area contributed by atoms with Crippen molar-refractivity contribution in [3.8, 4) is 6.07 Å². The first-order valence-electron chi connectivity index (χ1n) is 4.26. The lowest BCUT2D eigenvalue weighted by atomic mass is 10.2. The summed E-state index contributed by atoms with van der Waals surface area (Å²) in [6, 6.07) is 2.50. The molecular formula is C9H13N3. The van der Waals surface area contributed by atoms with Gasteiger partial charge in [0.05, 0.1) is 0 Å². The largest absolute Gasteiger partial charge is 0.320 e. The molecule has 0 aliphatic carbocycles. The zero-order chi connectivity index (χ0) is 8.97. The molecular weight excluding hydrogens is 150 g/mol. The van der Waals surface area contributed by atoms with Crippen molar-refractivity contribution in [3.05, 3.63) is 18.2 Å². The van der Waals surface area contributed by atoms with Crippen LogP contribution in [0.5, 0.6) is 0 Å². The van der Waals surface area contributed by atoms with Gasteiger partial charge in [-0.3, -0.25) is 0 Å². The van der Waals surface area contributed by atoms with Crippen LogP contribution in [0.25, 0.3) is 0 Å². The lowest BCUT2D eigenvalue weighted by molar-refractivity contribution is 0.467. The topological polar surface area (TPSA) is 41.6 Å². The van der Waals surface area contributed by atoms with Gasteiger partial charge in [0.15, 0.2) is 0 Å². The van der Waals surface area contributed by atoms with E-state index in [9.17, 15) is 0 Å². The van der Waals surface area contributed by atoms with Crippen molar-refractivity contribution >= 4 is 0 Å². The third kappa shape index (κ3) is 1.48. The summed E-state index contributed by atoms with van der Waals surface area (Å²) in [4.78, 5) is 3.95. The van der Waals surface area contributed by atoms with E-state index in [1.54, 1.807) is 6.20 Å². The van der Waals surface area contributed by atoms with E-state index in [-0.39, 0.29) is 0 Å². The van der Waals surface area contributed by atoms with E-state index in [0.29, 0.717) is 11.9 Å². The van der Waals surface area contributed by atoms with E-state index in [1.807, 2.05) is 10.8 Å². The van der Waals surface area contributed by atoms with Gasteiger partial charge in [0.2, 0.25) is 5.82 Å². The van der Waals surface area contributed by atoms with Gasteiger partial charge in [-0.05, 0) is 12.8 Å². The molecule has 1 aromatic rings. The Hall–Kier alpha value is -1.30. The lowest BCUT2D eigenvalue weighted by Gasteiger charge is -2.14. The Morgan fingerprint density at radius 2 is 2.25 bits per heavy atom. The highest BCUT2D eigenvalue weighted by molar-refractivity contribution is 5.12. The predicted molar refractivity (Wildman–Crippen MR) is 46.6 cm³/mol. The number of rotatable bonds is 3. The first-order valence-corrected chi connectivity index (χ1v) is 4.26. The fourth-order valence-corrected chi connectivity index (χ4v) is 1.38. The van der Waals surface area contributed by atoms with Gasteiger partial charge in [0.25, 0.3) is 0 Å².